The minimum atomic E-state index is -0.959. The van der Waals surface area contributed by atoms with Crippen LogP contribution in [0.25, 0.3) is 11.1 Å². The Bertz CT molecular complexity index is 1000. The number of fused-ring (bicyclic) bond motifs is 3. The molecule has 180 valence electrons. The molecule has 9 heteroatoms. The highest BCUT2D eigenvalue weighted by Crippen LogP contribution is 2.44. The Balaban J connectivity index is 1.17. The summed E-state index contributed by atoms with van der Waals surface area (Å²) in [5, 5.41) is 11.9. The van der Waals surface area contributed by atoms with Gasteiger partial charge in [-0.25, -0.2) is 4.79 Å². The lowest BCUT2D eigenvalue weighted by Crippen LogP contribution is -2.39. The summed E-state index contributed by atoms with van der Waals surface area (Å²) in [7, 11) is 0. The van der Waals surface area contributed by atoms with Crippen molar-refractivity contribution in [3.63, 3.8) is 0 Å². The van der Waals surface area contributed by atoms with Crippen LogP contribution in [-0.2, 0) is 19.1 Å². The number of carboxylic acids is 1. The molecule has 0 radical (unpaired) electrons. The normalized spacial score (nSPS) is 17.4. The maximum absolute atomic E-state index is 12.4. The van der Waals surface area contributed by atoms with Crippen molar-refractivity contribution in [2.45, 2.75) is 5.92 Å². The highest BCUT2D eigenvalue weighted by atomic mass is 32.2. The fourth-order valence-electron chi connectivity index (χ4n) is 4.31. The van der Waals surface area contributed by atoms with Gasteiger partial charge in [0.1, 0.15) is 6.61 Å². The molecule has 2 aromatic rings. The van der Waals surface area contributed by atoms with E-state index in [9.17, 15) is 19.5 Å². The second-order valence-electron chi connectivity index (χ2n) is 8.25. The molecule has 0 bridgehead atoms. The molecule has 1 atom stereocenters. The van der Waals surface area contributed by atoms with E-state index in [1.54, 1.807) is 0 Å². The SMILES string of the molecule is O=C(NCCSCC(=O)N1CCOCC(C(=O)O)C1)OCC1c2ccccc2-c2ccccc21. The summed E-state index contributed by atoms with van der Waals surface area (Å²) < 4.78 is 10.8. The molecule has 2 N–H and O–H groups in total. The number of hydrogen-bond acceptors (Lipinski definition) is 6. The van der Waals surface area contributed by atoms with Gasteiger partial charge in [0, 0.05) is 31.3 Å². The van der Waals surface area contributed by atoms with Crippen LogP contribution in [0, 0.1) is 5.92 Å². The van der Waals surface area contributed by atoms with Crippen LogP contribution in [0.5, 0.6) is 0 Å². The van der Waals surface area contributed by atoms with Gasteiger partial charge in [0.2, 0.25) is 5.91 Å². The van der Waals surface area contributed by atoms with Crippen molar-refractivity contribution in [3.05, 3.63) is 59.7 Å². The molecule has 0 spiro atoms. The lowest BCUT2D eigenvalue weighted by molar-refractivity contribution is -0.144. The van der Waals surface area contributed by atoms with Crippen molar-refractivity contribution < 1.29 is 29.0 Å². The Morgan fingerprint density at radius 1 is 1.09 bits per heavy atom. The molecule has 4 rings (SSSR count). The first-order chi connectivity index (χ1) is 16.5. The molecule has 0 aromatic heterocycles. The van der Waals surface area contributed by atoms with Crippen LogP contribution < -0.4 is 5.32 Å². The standard InChI is InChI=1S/C25H28N2O6S/c28-23(27-10-11-32-14-17(13-27)24(29)30)16-34-12-9-26-25(31)33-15-22-20-7-3-1-5-18(20)19-6-2-4-8-21(19)22/h1-8,17,22H,9-16H2,(H,26,31)(H,29,30). The molecule has 1 unspecified atom stereocenters. The van der Waals surface area contributed by atoms with E-state index in [1.165, 1.54) is 27.8 Å². The zero-order valence-electron chi connectivity index (χ0n) is 18.8. The molecule has 1 aliphatic heterocycles. The van der Waals surface area contributed by atoms with E-state index in [-0.39, 0.29) is 37.3 Å². The van der Waals surface area contributed by atoms with Gasteiger partial charge in [0.05, 0.1) is 24.9 Å². The van der Waals surface area contributed by atoms with Crippen LogP contribution in [-0.4, -0.2) is 78.9 Å². The second kappa shape index (κ2) is 11.4. The lowest BCUT2D eigenvalue weighted by Gasteiger charge is -2.21. The average molecular weight is 485 g/mol. The molecule has 8 nitrogen and oxygen atoms in total. The van der Waals surface area contributed by atoms with Gasteiger partial charge >= 0.3 is 12.1 Å². The van der Waals surface area contributed by atoms with Gasteiger partial charge in [-0.15, -0.1) is 0 Å². The van der Waals surface area contributed by atoms with Crippen molar-refractivity contribution >= 4 is 29.7 Å². The summed E-state index contributed by atoms with van der Waals surface area (Å²) in [6, 6.07) is 16.3. The first kappa shape index (κ1) is 24.1. The van der Waals surface area contributed by atoms with Crippen LogP contribution in [0.2, 0.25) is 0 Å². The van der Waals surface area contributed by atoms with Crippen LogP contribution in [0.15, 0.2) is 48.5 Å². The van der Waals surface area contributed by atoms with E-state index >= 15 is 0 Å². The maximum Gasteiger partial charge on any atom is 0.407 e. The van der Waals surface area contributed by atoms with Gasteiger partial charge in [0.25, 0.3) is 0 Å². The quantitative estimate of drug-likeness (QED) is 0.555. The molecular formula is C25H28N2O6S. The number of rotatable bonds is 8. The Morgan fingerprint density at radius 2 is 1.76 bits per heavy atom. The van der Waals surface area contributed by atoms with Gasteiger partial charge in [-0.05, 0) is 22.3 Å². The fourth-order valence-corrected chi connectivity index (χ4v) is 5.06. The number of nitrogens with one attached hydrogen (secondary N) is 1. The number of amides is 2. The Kier molecular flexibility index (Phi) is 8.08. The Hall–Kier alpha value is -3.04. The number of aliphatic carboxylic acids is 1. The highest BCUT2D eigenvalue weighted by molar-refractivity contribution is 7.99. The van der Waals surface area contributed by atoms with Crippen molar-refractivity contribution in [3.8, 4) is 11.1 Å². The molecule has 34 heavy (non-hydrogen) atoms. The predicted octanol–water partition coefficient (Wildman–Crippen LogP) is 2.82. The topological polar surface area (TPSA) is 105 Å². The number of carbonyl (C=O) groups excluding carboxylic acids is 2. The lowest BCUT2D eigenvalue weighted by atomic mass is 9.98. The maximum atomic E-state index is 12.4. The number of ether oxygens (including phenoxy) is 2. The van der Waals surface area contributed by atoms with Crippen LogP contribution in [0.4, 0.5) is 4.79 Å². The molecule has 0 saturated carbocycles. The van der Waals surface area contributed by atoms with E-state index in [0.29, 0.717) is 25.4 Å². The number of alkyl carbamates (subject to hydrolysis) is 1. The Morgan fingerprint density at radius 3 is 2.44 bits per heavy atom. The first-order valence-corrected chi connectivity index (χ1v) is 12.4. The highest BCUT2D eigenvalue weighted by Gasteiger charge is 2.29. The summed E-state index contributed by atoms with van der Waals surface area (Å²) in [6.07, 6.45) is -0.484. The van der Waals surface area contributed by atoms with Crippen LogP contribution in [0.3, 0.4) is 0 Å². The molecule has 2 aromatic carbocycles. The fraction of sp³-hybridized carbons (Fsp3) is 0.400. The van der Waals surface area contributed by atoms with Crippen molar-refractivity contribution in [2.75, 3.05) is 51.0 Å². The van der Waals surface area contributed by atoms with Crippen molar-refractivity contribution in [1.29, 1.82) is 0 Å². The minimum Gasteiger partial charge on any atom is -0.481 e. The third kappa shape index (κ3) is 5.71. The molecule has 1 saturated heterocycles. The molecule has 1 heterocycles. The predicted molar refractivity (Wildman–Crippen MR) is 129 cm³/mol. The number of nitrogens with zero attached hydrogens (tertiary/aromatic N) is 1. The van der Waals surface area contributed by atoms with Gasteiger partial charge in [-0.2, -0.15) is 11.8 Å². The molecule has 2 amide bonds. The number of hydrogen-bond donors (Lipinski definition) is 2. The number of carbonyl (C=O) groups is 3. The van der Waals surface area contributed by atoms with Crippen molar-refractivity contribution in [2.24, 2.45) is 5.92 Å². The summed E-state index contributed by atoms with van der Waals surface area (Å²) in [6.45, 7) is 1.64. The van der Waals surface area contributed by atoms with Gasteiger partial charge in [0.15, 0.2) is 0 Å². The van der Waals surface area contributed by atoms with Crippen LogP contribution in [0.1, 0.15) is 17.0 Å². The van der Waals surface area contributed by atoms with Crippen LogP contribution >= 0.6 is 11.8 Å². The molecule has 2 aliphatic rings. The number of carboxylic acid groups (broad SMARTS) is 1. The summed E-state index contributed by atoms with van der Waals surface area (Å²) >= 11 is 1.39. The molecule has 1 fully saturated rings. The van der Waals surface area contributed by atoms with E-state index < -0.39 is 18.0 Å². The van der Waals surface area contributed by atoms with E-state index in [1.807, 2.05) is 24.3 Å². The summed E-state index contributed by atoms with van der Waals surface area (Å²) in [5.41, 5.74) is 4.68. The second-order valence-corrected chi connectivity index (χ2v) is 9.36. The van der Waals surface area contributed by atoms with E-state index in [2.05, 4.69) is 29.6 Å². The zero-order valence-corrected chi connectivity index (χ0v) is 19.6. The first-order valence-electron chi connectivity index (χ1n) is 11.3. The summed E-state index contributed by atoms with van der Waals surface area (Å²) in [4.78, 5) is 37.4. The monoisotopic (exact) mass is 484 g/mol. The third-order valence-electron chi connectivity index (χ3n) is 6.05. The van der Waals surface area contributed by atoms with Crippen molar-refractivity contribution in [1.82, 2.24) is 10.2 Å². The average Bonchev–Trinajstić information content (AvgIpc) is 2.98. The van der Waals surface area contributed by atoms with Gasteiger partial charge < -0.3 is 24.8 Å². The zero-order chi connectivity index (χ0) is 23.9. The molecular weight excluding hydrogens is 456 g/mol. The Labute approximate surface area is 202 Å². The largest absolute Gasteiger partial charge is 0.481 e. The van der Waals surface area contributed by atoms with E-state index in [0.717, 1.165) is 11.1 Å². The minimum absolute atomic E-state index is 0.0115. The van der Waals surface area contributed by atoms with Gasteiger partial charge in [-0.3, -0.25) is 9.59 Å². The van der Waals surface area contributed by atoms with Gasteiger partial charge in [-0.1, -0.05) is 48.5 Å². The molecule has 1 aliphatic carbocycles. The number of thioether (sulfide) groups is 1. The third-order valence-corrected chi connectivity index (χ3v) is 7.00. The smallest absolute Gasteiger partial charge is 0.407 e. The van der Waals surface area contributed by atoms with E-state index in [4.69, 9.17) is 9.47 Å². The summed E-state index contributed by atoms with van der Waals surface area (Å²) in [5.74, 6) is -1.01. The number of benzene rings is 2.